The fourth-order valence-corrected chi connectivity index (χ4v) is 8.74. The zero-order chi connectivity index (χ0) is 34.3. The molecule has 0 aromatic heterocycles. The van der Waals surface area contributed by atoms with Crippen molar-refractivity contribution < 1.29 is 22.5 Å². The van der Waals surface area contributed by atoms with Crippen molar-refractivity contribution in [3.8, 4) is 22.5 Å². The first-order valence-corrected chi connectivity index (χ1v) is 19.4. The molecule has 0 radical (unpaired) electrons. The number of rotatable bonds is 14. The van der Waals surface area contributed by atoms with E-state index in [1.54, 1.807) is 21.3 Å². The SMILES string of the molecule is CCN(CC)c1ccc2c(-c3ccccc3C(=O)N3CCN(CCC[Si](OC)(OC)OC)CC3)c3ccc(=[N+](CC)CC)cc-3oc2c1. The minimum Gasteiger partial charge on any atom is -0.456 e. The van der Waals surface area contributed by atoms with Crippen LogP contribution in [0.5, 0.6) is 0 Å². The Labute approximate surface area is 287 Å². The first kappa shape index (κ1) is 35.8. The Morgan fingerprint density at radius 2 is 1.54 bits per heavy atom. The minimum atomic E-state index is -2.58. The number of carbonyl (C=O) groups excluding carboxylic acids is 1. The molecule has 0 N–H and O–H groups in total. The normalized spacial score (nSPS) is 14.2. The van der Waals surface area contributed by atoms with E-state index in [2.05, 4.69) is 84.5 Å². The molecule has 2 aromatic rings. The van der Waals surface area contributed by atoms with Gasteiger partial charge in [0.05, 0.1) is 6.07 Å². The molecule has 1 amide bonds. The molecule has 5 rings (SSSR count). The van der Waals surface area contributed by atoms with Crippen LogP contribution < -0.4 is 14.8 Å². The molecule has 0 bridgehead atoms. The van der Waals surface area contributed by atoms with Crippen LogP contribution in [0, 0.1) is 0 Å². The third kappa shape index (κ3) is 7.38. The fourth-order valence-electron chi connectivity index (χ4n) is 7.04. The summed E-state index contributed by atoms with van der Waals surface area (Å²) in [5.74, 6) is 0.883. The average molecular weight is 674 g/mol. The molecule has 3 aliphatic rings. The lowest BCUT2D eigenvalue weighted by atomic mass is 9.90. The molecule has 2 heterocycles. The fraction of sp³-hybridized carbons (Fsp3) is 0.474. The maximum absolute atomic E-state index is 14.3. The highest BCUT2D eigenvalue weighted by Crippen LogP contribution is 2.42. The second kappa shape index (κ2) is 16.2. The number of carbonyl (C=O) groups is 1. The van der Waals surface area contributed by atoms with Crippen LogP contribution in [0.15, 0.2) is 65.1 Å². The zero-order valence-corrected chi connectivity index (χ0v) is 30.9. The molecular formula is C38H53N4O5Si+. The number of nitrogens with zero attached hydrogens (tertiary/aromatic N) is 4. The van der Waals surface area contributed by atoms with Crippen molar-refractivity contribution in [2.75, 3.05) is 85.1 Å². The summed E-state index contributed by atoms with van der Waals surface area (Å²) in [5.41, 5.74) is 5.63. The molecule has 2 aromatic carbocycles. The van der Waals surface area contributed by atoms with Crippen LogP contribution in [0.1, 0.15) is 44.5 Å². The van der Waals surface area contributed by atoms with Crippen LogP contribution in [0.4, 0.5) is 5.69 Å². The monoisotopic (exact) mass is 673 g/mol. The topological polar surface area (TPSA) is 70.6 Å². The highest BCUT2D eigenvalue weighted by atomic mass is 28.4. The van der Waals surface area contributed by atoms with Crippen LogP contribution in [-0.4, -0.2) is 105 Å². The lowest BCUT2D eigenvalue weighted by Crippen LogP contribution is -2.49. The summed E-state index contributed by atoms with van der Waals surface area (Å²) >= 11 is 0. The van der Waals surface area contributed by atoms with Gasteiger partial charge in [0.25, 0.3) is 5.91 Å². The van der Waals surface area contributed by atoms with Crippen LogP contribution in [-0.2, 0) is 13.3 Å². The summed E-state index contributed by atoms with van der Waals surface area (Å²) in [5, 5.41) is 2.13. The minimum absolute atomic E-state index is 0.0661. The highest BCUT2D eigenvalue weighted by Gasteiger charge is 2.37. The van der Waals surface area contributed by atoms with E-state index in [0.717, 1.165) is 108 Å². The second-order valence-corrected chi connectivity index (χ2v) is 15.4. The number of hydrogen-bond acceptors (Lipinski definition) is 7. The van der Waals surface area contributed by atoms with E-state index in [1.165, 1.54) is 0 Å². The Balaban J connectivity index is 1.49. The van der Waals surface area contributed by atoms with E-state index in [1.807, 2.05) is 23.1 Å². The molecule has 0 atom stereocenters. The molecule has 1 saturated heterocycles. The predicted molar refractivity (Wildman–Crippen MR) is 197 cm³/mol. The van der Waals surface area contributed by atoms with Gasteiger partial charge in [-0.3, -0.25) is 9.69 Å². The number of benzene rings is 3. The standard InChI is InChI=1S/C38H53N4O5Si/c1-8-40(9-2)29-17-19-33-35(27-29)47-36-28-30(41(10-3)11-4)18-20-34(36)37(33)31-15-12-13-16-32(31)38(43)42-24-22-39(23-25-42)21-14-26-48(44-5,45-6)46-7/h12-13,15-20,27-28H,8-11,14,21-26H2,1-7H3/q+1. The lowest BCUT2D eigenvalue weighted by molar-refractivity contribution is 0.0635. The maximum atomic E-state index is 14.3. The van der Waals surface area contributed by atoms with E-state index in [0.29, 0.717) is 13.1 Å². The van der Waals surface area contributed by atoms with Crippen LogP contribution in [0.25, 0.3) is 33.4 Å². The lowest BCUT2D eigenvalue weighted by Gasteiger charge is -2.35. The van der Waals surface area contributed by atoms with Crippen molar-refractivity contribution in [1.29, 1.82) is 0 Å². The largest absolute Gasteiger partial charge is 0.500 e. The predicted octanol–water partition coefficient (Wildman–Crippen LogP) is 5.89. The van der Waals surface area contributed by atoms with Gasteiger partial charge < -0.3 is 27.5 Å². The van der Waals surface area contributed by atoms with E-state index < -0.39 is 8.80 Å². The van der Waals surface area contributed by atoms with Crippen molar-refractivity contribution >= 4 is 31.4 Å². The summed E-state index contributed by atoms with van der Waals surface area (Å²) in [4.78, 5) is 21.0. The van der Waals surface area contributed by atoms with Gasteiger partial charge in [0, 0.05) is 107 Å². The first-order valence-electron chi connectivity index (χ1n) is 17.5. The molecule has 258 valence electrons. The summed E-state index contributed by atoms with van der Waals surface area (Å²) < 4.78 is 25.8. The van der Waals surface area contributed by atoms with Crippen molar-refractivity contribution in [3.05, 3.63) is 71.6 Å². The molecule has 48 heavy (non-hydrogen) atoms. The summed E-state index contributed by atoms with van der Waals surface area (Å²) in [6.45, 7) is 16.3. The Hall–Kier alpha value is -3.54. The molecule has 1 aliphatic carbocycles. The van der Waals surface area contributed by atoms with Gasteiger partial charge >= 0.3 is 8.80 Å². The van der Waals surface area contributed by atoms with Gasteiger partial charge in [0.15, 0.2) is 0 Å². The van der Waals surface area contributed by atoms with Crippen LogP contribution in [0.2, 0.25) is 6.04 Å². The molecule has 1 fully saturated rings. The number of fused-ring (bicyclic) bond motifs is 2. The molecular weight excluding hydrogens is 621 g/mol. The quantitative estimate of drug-likeness (QED) is 0.0940. The van der Waals surface area contributed by atoms with Gasteiger partial charge in [-0.05, 0) is 70.5 Å². The number of anilines is 1. The smallest absolute Gasteiger partial charge is 0.456 e. The molecule has 0 unspecified atom stereocenters. The van der Waals surface area contributed by atoms with Crippen molar-refractivity contribution in [2.24, 2.45) is 0 Å². The molecule has 0 saturated carbocycles. The van der Waals surface area contributed by atoms with Crippen LogP contribution >= 0.6 is 0 Å². The Morgan fingerprint density at radius 3 is 2.19 bits per heavy atom. The first-order chi connectivity index (χ1) is 23.3. The van der Waals surface area contributed by atoms with Gasteiger partial charge in [-0.1, -0.05) is 18.2 Å². The highest BCUT2D eigenvalue weighted by molar-refractivity contribution is 6.60. The van der Waals surface area contributed by atoms with Crippen LogP contribution in [0.3, 0.4) is 0 Å². The van der Waals surface area contributed by atoms with Gasteiger partial charge in [0.1, 0.15) is 24.4 Å². The number of amides is 1. The Kier molecular flexibility index (Phi) is 12.1. The number of hydrogen-bond donors (Lipinski definition) is 0. The van der Waals surface area contributed by atoms with E-state index in [-0.39, 0.29) is 5.91 Å². The van der Waals surface area contributed by atoms with Gasteiger partial charge in [-0.15, -0.1) is 0 Å². The van der Waals surface area contributed by atoms with Gasteiger partial charge in [-0.2, -0.15) is 0 Å². The van der Waals surface area contributed by atoms with Gasteiger partial charge in [-0.25, -0.2) is 4.58 Å². The summed E-state index contributed by atoms with van der Waals surface area (Å²) in [6.07, 6.45) is 0.920. The maximum Gasteiger partial charge on any atom is 0.500 e. The second-order valence-electron chi connectivity index (χ2n) is 12.3. The summed E-state index contributed by atoms with van der Waals surface area (Å²) in [6, 6.07) is 21.8. The van der Waals surface area contributed by atoms with Crippen molar-refractivity contribution in [3.63, 3.8) is 0 Å². The van der Waals surface area contributed by atoms with Gasteiger partial charge in [0.2, 0.25) is 5.36 Å². The van der Waals surface area contributed by atoms with E-state index >= 15 is 0 Å². The van der Waals surface area contributed by atoms with E-state index in [4.69, 9.17) is 17.7 Å². The zero-order valence-electron chi connectivity index (χ0n) is 29.9. The van der Waals surface area contributed by atoms with Crippen molar-refractivity contribution in [1.82, 2.24) is 14.4 Å². The van der Waals surface area contributed by atoms with E-state index in [9.17, 15) is 4.79 Å². The van der Waals surface area contributed by atoms with Crippen molar-refractivity contribution in [2.45, 2.75) is 40.2 Å². The molecule has 0 spiro atoms. The Bertz CT molecular complexity index is 1710. The average Bonchev–Trinajstić information content (AvgIpc) is 3.13. The Morgan fingerprint density at radius 1 is 0.854 bits per heavy atom. The summed E-state index contributed by atoms with van der Waals surface area (Å²) in [7, 11) is 2.39. The molecule has 2 aliphatic heterocycles. The number of piperazine rings is 1. The molecule has 10 heteroatoms. The third-order valence-electron chi connectivity index (χ3n) is 9.92. The third-order valence-corrected chi connectivity index (χ3v) is 12.8. The molecule has 9 nitrogen and oxygen atoms in total.